The molecule has 0 aliphatic carbocycles. The molecular weight excluding hydrogens is 322 g/mol. The summed E-state index contributed by atoms with van der Waals surface area (Å²) >= 11 is 0. The summed E-state index contributed by atoms with van der Waals surface area (Å²) < 4.78 is 6.65. The number of nitrogens with one attached hydrogen (secondary N) is 1. The third kappa shape index (κ3) is 3.45. The lowest BCUT2D eigenvalue weighted by Crippen LogP contribution is -2.28. The van der Waals surface area contributed by atoms with Crippen LogP contribution >= 0.6 is 0 Å². The number of nitrogens with zero attached hydrogens (tertiary/aromatic N) is 2. The summed E-state index contributed by atoms with van der Waals surface area (Å²) in [6.45, 7) is 0.163. The fraction of sp³-hybridized carbons (Fsp3) is 0.167. The number of carboxylic acid groups (broad SMARTS) is 1. The van der Waals surface area contributed by atoms with E-state index in [0.717, 1.165) is 0 Å². The van der Waals surface area contributed by atoms with Gasteiger partial charge in [0.25, 0.3) is 5.56 Å². The van der Waals surface area contributed by atoms with Crippen molar-refractivity contribution in [2.24, 2.45) is 0 Å². The molecule has 1 aromatic heterocycles. The molecule has 25 heavy (non-hydrogen) atoms. The number of amides is 1. The Hall–Kier alpha value is -3.35. The number of fused-ring (bicyclic) bond motifs is 1. The predicted octanol–water partition coefficient (Wildman–Crippen LogP) is 2.20. The molecule has 0 atom stereocenters. The van der Waals surface area contributed by atoms with Crippen LogP contribution in [0.1, 0.15) is 5.82 Å². The monoisotopic (exact) mass is 339 g/mol. The molecule has 7 nitrogen and oxygen atoms in total. The SMILES string of the molecule is COc1ccc(-n2c(CCNC(=O)O)nc3ccccc3c2=O)cc1. The molecule has 128 valence electrons. The second-order valence-corrected chi connectivity index (χ2v) is 5.37. The van der Waals surface area contributed by atoms with Crippen LogP contribution in [0, 0.1) is 0 Å². The number of methoxy groups -OCH3 is 1. The minimum Gasteiger partial charge on any atom is -0.497 e. The van der Waals surface area contributed by atoms with Crippen molar-refractivity contribution in [1.82, 2.24) is 14.9 Å². The van der Waals surface area contributed by atoms with E-state index >= 15 is 0 Å². The van der Waals surface area contributed by atoms with Crippen molar-refractivity contribution >= 4 is 17.0 Å². The molecule has 0 saturated carbocycles. The summed E-state index contributed by atoms with van der Waals surface area (Å²) in [7, 11) is 1.57. The predicted molar refractivity (Wildman–Crippen MR) is 93.6 cm³/mol. The average Bonchev–Trinajstić information content (AvgIpc) is 2.62. The minimum atomic E-state index is -1.11. The molecule has 0 unspecified atom stereocenters. The Morgan fingerprint density at radius 3 is 2.60 bits per heavy atom. The molecule has 0 aliphatic heterocycles. The van der Waals surface area contributed by atoms with E-state index in [9.17, 15) is 9.59 Å². The maximum atomic E-state index is 13.0. The maximum Gasteiger partial charge on any atom is 0.404 e. The lowest BCUT2D eigenvalue weighted by atomic mass is 10.2. The summed E-state index contributed by atoms with van der Waals surface area (Å²) in [5, 5.41) is 11.6. The molecule has 0 bridgehead atoms. The number of hydrogen-bond donors (Lipinski definition) is 2. The molecule has 0 saturated heterocycles. The van der Waals surface area contributed by atoms with Gasteiger partial charge in [0.05, 0.1) is 23.7 Å². The van der Waals surface area contributed by atoms with Gasteiger partial charge in [-0.05, 0) is 36.4 Å². The summed E-state index contributed by atoms with van der Waals surface area (Å²) in [6, 6.07) is 14.1. The Morgan fingerprint density at radius 2 is 1.92 bits per heavy atom. The van der Waals surface area contributed by atoms with Crippen LogP contribution in [0.2, 0.25) is 0 Å². The van der Waals surface area contributed by atoms with Gasteiger partial charge in [0.1, 0.15) is 11.6 Å². The molecule has 0 radical (unpaired) electrons. The number of carbonyl (C=O) groups is 1. The van der Waals surface area contributed by atoms with Gasteiger partial charge in [-0.2, -0.15) is 0 Å². The molecule has 1 heterocycles. The number of rotatable bonds is 5. The largest absolute Gasteiger partial charge is 0.497 e. The third-order valence-electron chi connectivity index (χ3n) is 3.80. The highest BCUT2D eigenvalue weighted by Crippen LogP contribution is 2.17. The molecule has 2 N–H and O–H groups in total. The topological polar surface area (TPSA) is 93.4 Å². The van der Waals surface area contributed by atoms with Crippen molar-refractivity contribution in [3.63, 3.8) is 0 Å². The summed E-state index contributed by atoms with van der Waals surface area (Å²) in [5.41, 5.74) is 1.04. The first-order valence-electron chi connectivity index (χ1n) is 7.72. The second-order valence-electron chi connectivity index (χ2n) is 5.37. The smallest absolute Gasteiger partial charge is 0.404 e. The van der Waals surface area contributed by atoms with Gasteiger partial charge in [-0.1, -0.05) is 12.1 Å². The van der Waals surface area contributed by atoms with Gasteiger partial charge in [-0.3, -0.25) is 9.36 Å². The Labute approximate surface area is 143 Å². The number of para-hydroxylation sites is 1. The Kier molecular flexibility index (Phi) is 4.65. The first-order valence-corrected chi connectivity index (χ1v) is 7.72. The first kappa shape index (κ1) is 16.5. The van der Waals surface area contributed by atoms with Crippen LogP contribution in [-0.2, 0) is 6.42 Å². The van der Waals surface area contributed by atoms with Crippen LogP contribution < -0.4 is 15.6 Å². The molecule has 0 fully saturated rings. The van der Waals surface area contributed by atoms with Gasteiger partial charge in [-0.25, -0.2) is 9.78 Å². The van der Waals surface area contributed by atoms with Gasteiger partial charge >= 0.3 is 6.09 Å². The van der Waals surface area contributed by atoms with E-state index in [2.05, 4.69) is 10.3 Å². The molecule has 0 spiro atoms. The molecule has 0 aliphatic rings. The summed E-state index contributed by atoms with van der Waals surface area (Å²) in [4.78, 5) is 28.2. The normalized spacial score (nSPS) is 10.6. The van der Waals surface area contributed by atoms with E-state index in [0.29, 0.717) is 34.6 Å². The zero-order chi connectivity index (χ0) is 17.8. The quantitative estimate of drug-likeness (QED) is 0.743. The Morgan fingerprint density at radius 1 is 1.20 bits per heavy atom. The van der Waals surface area contributed by atoms with Crippen LogP contribution in [0.4, 0.5) is 4.79 Å². The Bertz CT molecular complexity index is 964. The molecule has 7 heteroatoms. The van der Waals surface area contributed by atoms with E-state index in [1.807, 2.05) is 6.07 Å². The maximum absolute atomic E-state index is 13.0. The molecule has 3 aromatic rings. The van der Waals surface area contributed by atoms with Crippen molar-refractivity contribution in [3.8, 4) is 11.4 Å². The first-order chi connectivity index (χ1) is 12.1. The Balaban J connectivity index is 2.13. The van der Waals surface area contributed by atoms with E-state index in [-0.39, 0.29) is 12.1 Å². The van der Waals surface area contributed by atoms with Gasteiger partial charge in [-0.15, -0.1) is 0 Å². The van der Waals surface area contributed by atoms with E-state index in [1.165, 1.54) is 4.57 Å². The van der Waals surface area contributed by atoms with Crippen molar-refractivity contribution in [3.05, 3.63) is 64.7 Å². The number of aromatic nitrogens is 2. The number of ether oxygens (including phenoxy) is 1. The fourth-order valence-corrected chi connectivity index (χ4v) is 2.63. The second kappa shape index (κ2) is 7.04. The van der Waals surface area contributed by atoms with E-state index in [4.69, 9.17) is 9.84 Å². The van der Waals surface area contributed by atoms with E-state index in [1.54, 1.807) is 49.6 Å². The van der Waals surface area contributed by atoms with Gasteiger partial charge in [0, 0.05) is 13.0 Å². The highest BCUT2D eigenvalue weighted by atomic mass is 16.5. The van der Waals surface area contributed by atoms with Crippen molar-refractivity contribution in [1.29, 1.82) is 0 Å². The molecule has 2 aromatic carbocycles. The van der Waals surface area contributed by atoms with Gasteiger partial charge in [0.15, 0.2) is 0 Å². The summed E-state index contributed by atoms with van der Waals surface area (Å²) in [5.74, 6) is 1.17. The van der Waals surface area contributed by atoms with Crippen LogP contribution in [-0.4, -0.2) is 34.4 Å². The average molecular weight is 339 g/mol. The van der Waals surface area contributed by atoms with Crippen LogP contribution in [0.15, 0.2) is 53.3 Å². The van der Waals surface area contributed by atoms with Crippen molar-refractivity contribution in [2.45, 2.75) is 6.42 Å². The minimum absolute atomic E-state index is 0.163. The lowest BCUT2D eigenvalue weighted by Gasteiger charge is -2.14. The van der Waals surface area contributed by atoms with Gasteiger partial charge < -0.3 is 15.2 Å². The van der Waals surface area contributed by atoms with Crippen molar-refractivity contribution in [2.75, 3.05) is 13.7 Å². The molecule has 3 rings (SSSR count). The zero-order valence-electron chi connectivity index (χ0n) is 13.6. The highest BCUT2D eigenvalue weighted by Gasteiger charge is 2.13. The molecule has 1 amide bonds. The van der Waals surface area contributed by atoms with Gasteiger partial charge in [0.2, 0.25) is 0 Å². The highest BCUT2D eigenvalue weighted by molar-refractivity contribution is 5.77. The number of hydrogen-bond acceptors (Lipinski definition) is 4. The lowest BCUT2D eigenvalue weighted by molar-refractivity contribution is 0.194. The van der Waals surface area contributed by atoms with Crippen LogP contribution in [0.5, 0.6) is 5.75 Å². The van der Waals surface area contributed by atoms with Crippen molar-refractivity contribution < 1.29 is 14.6 Å². The fourth-order valence-electron chi connectivity index (χ4n) is 2.63. The van der Waals surface area contributed by atoms with E-state index < -0.39 is 6.09 Å². The number of benzene rings is 2. The third-order valence-corrected chi connectivity index (χ3v) is 3.80. The summed E-state index contributed by atoms with van der Waals surface area (Å²) in [6.07, 6.45) is -0.822. The zero-order valence-corrected chi connectivity index (χ0v) is 13.6. The standard InChI is InChI=1S/C18H17N3O4/c1-25-13-8-6-12(7-9-13)21-16(10-11-19-18(23)24)20-15-5-3-2-4-14(15)17(21)22/h2-9,19H,10-11H2,1H3,(H,23,24). The molecular formula is C18H17N3O4. The van der Waals surface area contributed by atoms with Crippen LogP contribution in [0.3, 0.4) is 0 Å². The van der Waals surface area contributed by atoms with Crippen LogP contribution in [0.25, 0.3) is 16.6 Å².